The zero-order valence-electron chi connectivity index (χ0n) is 9.96. The number of aromatic nitrogens is 3. The number of nitrogens with two attached hydrogens (primary N) is 1. The zero-order valence-corrected chi connectivity index (χ0v) is 9.96. The van der Waals surface area contributed by atoms with Gasteiger partial charge in [0.05, 0.1) is 12.2 Å². The van der Waals surface area contributed by atoms with E-state index in [1.165, 1.54) is 0 Å². The molecule has 0 aliphatic carbocycles. The van der Waals surface area contributed by atoms with Gasteiger partial charge in [-0.3, -0.25) is 4.98 Å². The van der Waals surface area contributed by atoms with Crippen molar-refractivity contribution in [1.29, 1.82) is 0 Å². The van der Waals surface area contributed by atoms with Crippen LogP contribution in [-0.2, 0) is 6.54 Å². The number of anilines is 2. The SMILES string of the molecule is Cc1cccc(CN(C)c2ccnc(N)n2)n1. The molecule has 0 radical (unpaired) electrons. The molecule has 0 atom stereocenters. The average Bonchev–Trinajstić information content (AvgIpc) is 2.29. The molecule has 0 amide bonds. The van der Waals surface area contributed by atoms with E-state index in [0.29, 0.717) is 6.54 Å². The summed E-state index contributed by atoms with van der Waals surface area (Å²) in [5.41, 5.74) is 7.57. The fourth-order valence-electron chi connectivity index (χ4n) is 1.59. The van der Waals surface area contributed by atoms with Crippen LogP contribution in [0.1, 0.15) is 11.4 Å². The quantitative estimate of drug-likeness (QED) is 0.861. The molecule has 0 spiro atoms. The fourth-order valence-corrected chi connectivity index (χ4v) is 1.59. The van der Waals surface area contributed by atoms with Crippen LogP contribution in [0.2, 0.25) is 0 Å². The molecule has 2 aromatic rings. The molecule has 0 saturated carbocycles. The maximum Gasteiger partial charge on any atom is 0.221 e. The summed E-state index contributed by atoms with van der Waals surface area (Å²) in [5, 5.41) is 0. The first-order chi connectivity index (χ1) is 8.15. The van der Waals surface area contributed by atoms with Gasteiger partial charge in [0.15, 0.2) is 0 Å². The molecule has 5 heteroatoms. The highest BCUT2D eigenvalue weighted by atomic mass is 15.2. The van der Waals surface area contributed by atoms with Gasteiger partial charge in [0.25, 0.3) is 0 Å². The van der Waals surface area contributed by atoms with Gasteiger partial charge in [-0.25, -0.2) is 4.98 Å². The van der Waals surface area contributed by atoms with E-state index < -0.39 is 0 Å². The standard InChI is InChI=1S/C12H15N5/c1-9-4-3-5-10(15-9)8-17(2)11-6-7-14-12(13)16-11/h3-7H,8H2,1-2H3,(H2,13,14,16). The zero-order chi connectivity index (χ0) is 12.3. The van der Waals surface area contributed by atoms with E-state index in [1.807, 2.05) is 43.1 Å². The van der Waals surface area contributed by atoms with Gasteiger partial charge in [-0.05, 0) is 25.1 Å². The van der Waals surface area contributed by atoms with E-state index in [0.717, 1.165) is 17.2 Å². The Labute approximate surface area is 100 Å². The van der Waals surface area contributed by atoms with Crippen LogP contribution in [0.4, 0.5) is 11.8 Å². The minimum absolute atomic E-state index is 0.284. The van der Waals surface area contributed by atoms with Crippen LogP contribution in [0.5, 0.6) is 0 Å². The Bertz CT molecular complexity index is 512. The van der Waals surface area contributed by atoms with Gasteiger partial charge in [0, 0.05) is 18.9 Å². The molecule has 17 heavy (non-hydrogen) atoms. The molecule has 88 valence electrons. The summed E-state index contributed by atoms with van der Waals surface area (Å²) in [6.45, 7) is 2.67. The van der Waals surface area contributed by atoms with Gasteiger partial charge in [-0.15, -0.1) is 0 Å². The molecule has 0 unspecified atom stereocenters. The van der Waals surface area contributed by atoms with Crippen molar-refractivity contribution in [2.45, 2.75) is 13.5 Å². The summed E-state index contributed by atoms with van der Waals surface area (Å²) in [4.78, 5) is 14.5. The molecule has 0 fully saturated rings. The second-order valence-electron chi connectivity index (χ2n) is 3.90. The summed E-state index contributed by atoms with van der Waals surface area (Å²) in [5.74, 6) is 1.08. The number of nitrogen functional groups attached to an aromatic ring is 1. The highest BCUT2D eigenvalue weighted by Crippen LogP contribution is 2.11. The van der Waals surface area contributed by atoms with Gasteiger partial charge in [-0.1, -0.05) is 6.07 Å². The number of hydrogen-bond donors (Lipinski definition) is 1. The molecule has 2 aromatic heterocycles. The van der Waals surface area contributed by atoms with Crippen molar-refractivity contribution in [2.75, 3.05) is 17.7 Å². The number of hydrogen-bond acceptors (Lipinski definition) is 5. The first-order valence-corrected chi connectivity index (χ1v) is 5.37. The van der Waals surface area contributed by atoms with Crippen LogP contribution in [0.15, 0.2) is 30.5 Å². The Morgan fingerprint density at radius 3 is 2.76 bits per heavy atom. The summed E-state index contributed by atoms with van der Waals surface area (Å²) < 4.78 is 0. The largest absolute Gasteiger partial charge is 0.368 e. The number of pyridine rings is 1. The van der Waals surface area contributed by atoms with Crippen molar-refractivity contribution in [3.63, 3.8) is 0 Å². The highest BCUT2D eigenvalue weighted by molar-refractivity contribution is 5.40. The van der Waals surface area contributed by atoms with Gasteiger partial charge in [-0.2, -0.15) is 4.98 Å². The topological polar surface area (TPSA) is 67.9 Å². The minimum atomic E-state index is 0.284. The van der Waals surface area contributed by atoms with E-state index in [1.54, 1.807) is 6.20 Å². The maximum absolute atomic E-state index is 5.55. The third-order valence-electron chi connectivity index (χ3n) is 2.40. The lowest BCUT2D eigenvalue weighted by Gasteiger charge is -2.17. The van der Waals surface area contributed by atoms with Crippen molar-refractivity contribution in [3.05, 3.63) is 41.9 Å². The van der Waals surface area contributed by atoms with Gasteiger partial charge in [0.2, 0.25) is 5.95 Å². The molecule has 0 aromatic carbocycles. The molecule has 2 rings (SSSR count). The third kappa shape index (κ3) is 2.90. The van der Waals surface area contributed by atoms with E-state index in [9.17, 15) is 0 Å². The Kier molecular flexibility index (Phi) is 3.18. The van der Waals surface area contributed by atoms with Crippen LogP contribution in [0.3, 0.4) is 0 Å². The second-order valence-corrected chi connectivity index (χ2v) is 3.90. The van der Waals surface area contributed by atoms with Crippen molar-refractivity contribution < 1.29 is 0 Å². The smallest absolute Gasteiger partial charge is 0.221 e. The number of aryl methyl sites for hydroxylation is 1. The Morgan fingerprint density at radius 1 is 1.24 bits per heavy atom. The molecule has 2 N–H and O–H groups in total. The van der Waals surface area contributed by atoms with Crippen LogP contribution >= 0.6 is 0 Å². The Balaban J connectivity index is 2.14. The normalized spacial score (nSPS) is 10.2. The van der Waals surface area contributed by atoms with E-state index >= 15 is 0 Å². The van der Waals surface area contributed by atoms with Crippen LogP contribution < -0.4 is 10.6 Å². The maximum atomic E-state index is 5.55. The van der Waals surface area contributed by atoms with E-state index in [2.05, 4.69) is 15.0 Å². The predicted octanol–water partition coefficient (Wildman–Crippen LogP) is 1.40. The minimum Gasteiger partial charge on any atom is -0.368 e. The lowest BCUT2D eigenvalue weighted by molar-refractivity contribution is 0.856. The first-order valence-electron chi connectivity index (χ1n) is 5.37. The van der Waals surface area contributed by atoms with Crippen molar-refractivity contribution >= 4 is 11.8 Å². The molecule has 0 bridgehead atoms. The fraction of sp³-hybridized carbons (Fsp3) is 0.250. The molecule has 5 nitrogen and oxygen atoms in total. The monoisotopic (exact) mass is 229 g/mol. The average molecular weight is 229 g/mol. The molecule has 2 heterocycles. The molecular weight excluding hydrogens is 214 g/mol. The van der Waals surface area contributed by atoms with Gasteiger partial charge < -0.3 is 10.6 Å². The molecular formula is C12H15N5. The van der Waals surface area contributed by atoms with Gasteiger partial charge >= 0.3 is 0 Å². The number of nitrogens with zero attached hydrogens (tertiary/aromatic N) is 4. The Morgan fingerprint density at radius 2 is 2.06 bits per heavy atom. The highest BCUT2D eigenvalue weighted by Gasteiger charge is 2.05. The van der Waals surface area contributed by atoms with Crippen molar-refractivity contribution in [2.24, 2.45) is 0 Å². The molecule has 0 aliphatic heterocycles. The summed E-state index contributed by atoms with van der Waals surface area (Å²) in [6.07, 6.45) is 1.65. The molecule has 0 aliphatic rings. The van der Waals surface area contributed by atoms with Crippen LogP contribution in [0.25, 0.3) is 0 Å². The van der Waals surface area contributed by atoms with Crippen molar-refractivity contribution in [1.82, 2.24) is 15.0 Å². The summed E-state index contributed by atoms with van der Waals surface area (Å²) >= 11 is 0. The summed E-state index contributed by atoms with van der Waals surface area (Å²) in [7, 11) is 1.95. The lowest BCUT2D eigenvalue weighted by Crippen LogP contribution is -2.19. The van der Waals surface area contributed by atoms with Crippen LogP contribution in [-0.4, -0.2) is 22.0 Å². The third-order valence-corrected chi connectivity index (χ3v) is 2.40. The molecule has 0 saturated heterocycles. The predicted molar refractivity (Wildman–Crippen MR) is 67.5 cm³/mol. The lowest BCUT2D eigenvalue weighted by atomic mass is 10.3. The summed E-state index contributed by atoms with van der Waals surface area (Å²) in [6, 6.07) is 7.80. The number of rotatable bonds is 3. The van der Waals surface area contributed by atoms with E-state index in [4.69, 9.17) is 5.73 Å². The first kappa shape index (κ1) is 11.3. The van der Waals surface area contributed by atoms with Gasteiger partial charge in [0.1, 0.15) is 5.82 Å². The Hall–Kier alpha value is -2.17. The van der Waals surface area contributed by atoms with Crippen molar-refractivity contribution in [3.8, 4) is 0 Å². The second kappa shape index (κ2) is 4.78. The van der Waals surface area contributed by atoms with E-state index in [-0.39, 0.29) is 5.95 Å². The van der Waals surface area contributed by atoms with Crippen LogP contribution in [0, 0.1) is 6.92 Å².